The van der Waals surface area contributed by atoms with Gasteiger partial charge in [0.2, 0.25) is 0 Å². The molecule has 3 saturated carbocycles. The van der Waals surface area contributed by atoms with E-state index in [0.29, 0.717) is 23.7 Å². The van der Waals surface area contributed by atoms with Crippen molar-refractivity contribution in [2.24, 2.45) is 40.4 Å². The second-order valence-corrected chi connectivity index (χ2v) is 11.9. The number of hydrogen-bond donors (Lipinski definition) is 2. The van der Waals surface area contributed by atoms with Gasteiger partial charge in [-0.2, -0.15) is 13.2 Å². The second-order valence-electron chi connectivity index (χ2n) is 11.9. The van der Waals surface area contributed by atoms with Crippen LogP contribution in [0, 0.1) is 40.4 Å². The van der Waals surface area contributed by atoms with E-state index in [2.05, 4.69) is 19.9 Å². The number of fused-ring (bicyclic) bond motifs is 5. The molecule has 2 unspecified atom stereocenters. The van der Waals surface area contributed by atoms with Crippen LogP contribution in [0.4, 0.5) is 13.2 Å². The molecule has 0 spiro atoms. The van der Waals surface area contributed by atoms with E-state index in [-0.39, 0.29) is 16.7 Å². The summed E-state index contributed by atoms with van der Waals surface area (Å²) < 4.78 is 38.1. The third-order valence-corrected chi connectivity index (χ3v) is 10.0. The smallest absolute Gasteiger partial charge is 0.390 e. The van der Waals surface area contributed by atoms with Crippen molar-refractivity contribution in [3.8, 4) is 0 Å². The maximum absolute atomic E-state index is 12.7. The maximum Gasteiger partial charge on any atom is 0.417 e. The quantitative estimate of drug-likeness (QED) is 0.496. The third-order valence-electron chi connectivity index (χ3n) is 10.0. The Labute approximate surface area is 185 Å². The summed E-state index contributed by atoms with van der Waals surface area (Å²) in [5.74, 6) is 2.28. The van der Waals surface area contributed by atoms with E-state index in [0.717, 1.165) is 51.0 Å². The van der Waals surface area contributed by atoms with E-state index in [4.69, 9.17) is 0 Å². The normalized spacial score (nSPS) is 47.3. The van der Waals surface area contributed by atoms with E-state index in [1.54, 1.807) is 6.08 Å². The molecule has 4 aliphatic rings. The zero-order valence-corrected chi connectivity index (χ0v) is 19.4. The number of rotatable bonds is 3. The number of hydrogen-bond acceptors (Lipinski definition) is 2. The first-order chi connectivity index (χ1) is 14.3. The summed E-state index contributed by atoms with van der Waals surface area (Å²) in [6.45, 7) is 8.78. The molecule has 0 aliphatic heterocycles. The highest BCUT2D eigenvalue weighted by Gasteiger charge is 2.59. The molecule has 0 aromatic rings. The molecule has 4 aliphatic carbocycles. The molecule has 3 fully saturated rings. The highest BCUT2D eigenvalue weighted by atomic mass is 19.4. The Kier molecular flexibility index (Phi) is 5.74. The zero-order chi connectivity index (χ0) is 22.8. The van der Waals surface area contributed by atoms with Crippen molar-refractivity contribution in [2.75, 3.05) is 0 Å². The first-order valence-electron chi connectivity index (χ1n) is 12.1. The van der Waals surface area contributed by atoms with Crippen molar-refractivity contribution in [2.45, 2.75) is 96.9 Å². The molecule has 0 bridgehead atoms. The molecular formula is C26H39F3O2. The Morgan fingerprint density at radius 3 is 2.42 bits per heavy atom. The van der Waals surface area contributed by atoms with Gasteiger partial charge in [-0.1, -0.05) is 44.6 Å². The fraction of sp³-hybridized carbons (Fsp3) is 0.846. The summed E-state index contributed by atoms with van der Waals surface area (Å²) in [7, 11) is 0. The average Bonchev–Trinajstić information content (AvgIpc) is 3.02. The second kappa shape index (κ2) is 7.62. The van der Waals surface area contributed by atoms with Gasteiger partial charge in [-0.25, -0.2) is 0 Å². The SMILES string of the molecule is C[C@H](/C=C/[C@@H](O)C(F)(F)F)C1CC[C@H]2[C@@H]3CC=C4C[C@@](C)(O)CCC4(C)[C@H]3CC[C@]12C. The summed E-state index contributed by atoms with van der Waals surface area (Å²) in [5, 5.41) is 20.0. The van der Waals surface area contributed by atoms with Crippen LogP contribution in [-0.2, 0) is 0 Å². The summed E-state index contributed by atoms with van der Waals surface area (Å²) in [4.78, 5) is 0. The Hall–Kier alpha value is -0.810. The van der Waals surface area contributed by atoms with Gasteiger partial charge >= 0.3 is 6.18 Å². The molecule has 5 heteroatoms. The fourth-order valence-corrected chi connectivity index (χ4v) is 8.23. The van der Waals surface area contributed by atoms with Crippen LogP contribution in [-0.4, -0.2) is 28.1 Å². The summed E-state index contributed by atoms with van der Waals surface area (Å²) in [6, 6.07) is 0. The van der Waals surface area contributed by atoms with Crippen molar-refractivity contribution in [3.63, 3.8) is 0 Å². The molecule has 0 aromatic heterocycles. The molecule has 2 N–H and O–H groups in total. The molecule has 2 nitrogen and oxygen atoms in total. The average molecular weight is 441 g/mol. The number of alkyl halides is 3. The standard InChI is InChI=1S/C26H39F3O2/c1-16(5-10-22(30)26(27,28)29)19-8-9-20-18-7-6-17-15-23(2,31)13-14-24(17,3)21(18)11-12-25(19,20)4/h5-6,10,16,18-22,30-31H,7-9,11-15H2,1-4H3/b10-5+/t16-,18+,19?,20+,21+,22-,23+,24?,25-/m1/s1. The molecule has 0 aromatic carbocycles. The minimum absolute atomic E-state index is 0.0265. The number of aliphatic hydroxyl groups is 2. The van der Waals surface area contributed by atoms with E-state index in [1.807, 2.05) is 13.8 Å². The summed E-state index contributed by atoms with van der Waals surface area (Å²) >= 11 is 0. The summed E-state index contributed by atoms with van der Waals surface area (Å²) in [6.07, 6.45) is 6.29. The lowest BCUT2D eigenvalue weighted by Gasteiger charge is -2.59. The van der Waals surface area contributed by atoms with Crippen molar-refractivity contribution in [1.82, 2.24) is 0 Å². The number of allylic oxidation sites excluding steroid dienone is 2. The third kappa shape index (κ3) is 3.92. The van der Waals surface area contributed by atoms with E-state index in [9.17, 15) is 23.4 Å². The van der Waals surface area contributed by atoms with Crippen molar-refractivity contribution >= 4 is 0 Å². The largest absolute Gasteiger partial charge is 0.417 e. The van der Waals surface area contributed by atoms with Gasteiger partial charge in [0.1, 0.15) is 0 Å². The van der Waals surface area contributed by atoms with Crippen LogP contribution in [0.1, 0.15) is 79.1 Å². The van der Waals surface area contributed by atoms with Gasteiger partial charge in [0, 0.05) is 0 Å². The number of aliphatic hydroxyl groups excluding tert-OH is 1. The van der Waals surface area contributed by atoms with Crippen LogP contribution in [0.25, 0.3) is 0 Å². The highest BCUT2D eigenvalue weighted by Crippen LogP contribution is 2.67. The molecule has 31 heavy (non-hydrogen) atoms. The minimum Gasteiger partial charge on any atom is -0.390 e. The number of halogens is 3. The molecule has 176 valence electrons. The monoisotopic (exact) mass is 440 g/mol. The van der Waals surface area contributed by atoms with E-state index in [1.165, 1.54) is 12.0 Å². The molecule has 0 radical (unpaired) electrons. The van der Waals surface area contributed by atoms with Crippen molar-refractivity contribution in [3.05, 3.63) is 23.8 Å². The summed E-state index contributed by atoms with van der Waals surface area (Å²) in [5.41, 5.74) is 1.21. The minimum atomic E-state index is -4.59. The molecule has 9 atom stereocenters. The predicted molar refractivity (Wildman–Crippen MR) is 116 cm³/mol. The molecule has 4 rings (SSSR count). The lowest BCUT2D eigenvalue weighted by molar-refractivity contribution is -0.187. The first kappa shape index (κ1) is 23.4. The van der Waals surface area contributed by atoms with Gasteiger partial charge in [-0.05, 0) is 98.7 Å². The molecule has 0 saturated heterocycles. The Morgan fingerprint density at radius 2 is 1.74 bits per heavy atom. The van der Waals surface area contributed by atoms with Gasteiger partial charge in [-0.15, -0.1) is 0 Å². The van der Waals surface area contributed by atoms with Crippen LogP contribution < -0.4 is 0 Å². The van der Waals surface area contributed by atoms with E-state index < -0.39 is 17.9 Å². The van der Waals surface area contributed by atoms with Gasteiger partial charge in [0.25, 0.3) is 0 Å². The van der Waals surface area contributed by atoms with Crippen LogP contribution in [0.3, 0.4) is 0 Å². The fourth-order valence-electron chi connectivity index (χ4n) is 8.23. The zero-order valence-electron chi connectivity index (χ0n) is 19.4. The van der Waals surface area contributed by atoms with Crippen LogP contribution in [0.2, 0.25) is 0 Å². The highest BCUT2D eigenvalue weighted by molar-refractivity contribution is 5.27. The Balaban J connectivity index is 1.53. The van der Waals surface area contributed by atoms with Gasteiger partial charge in [-0.3, -0.25) is 0 Å². The Bertz CT molecular complexity index is 754. The lowest BCUT2D eigenvalue weighted by Crippen LogP contribution is -2.52. The lowest BCUT2D eigenvalue weighted by atomic mass is 9.46. The van der Waals surface area contributed by atoms with Gasteiger partial charge < -0.3 is 10.2 Å². The van der Waals surface area contributed by atoms with Crippen LogP contribution in [0.15, 0.2) is 23.8 Å². The topological polar surface area (TPSA) is 40.5 Å². The van der Waals surface area contributed by atoms with Gasteiger partial charge in [0.05, 0.1) is 5.60 Å². The molecular weight excluding hydrogens is 401 g/mol. The molecule has 0 heterocycles. The Morgan fingerprint density at radius 1 is 1.03 bits per heavy atom. The van der Waals surface area contributed by atoms with Crippen LogP contribution >= 0.6 is 0 Å². The molecule has 0 amide bonds. The van der Waals surface area contributed by atoms with Crippen molar-refractivity contribution < 1.29 is 23.4 Å². The van der Waals surface area contributed by atoms with Crippen LogP contribution in [0.5, 0.6) is 0 Å². The van der Waals surface area contributed by atoms with E-state index >= 15 is 0 Å². The predicted octanol–water partition coefficient (Wildman–Crippen LogP) is 6.43. The first-order valence-corrected chi connectivity index (χ1v) is 12.1. The van der Waals surface area contributed by atoms with Gasteiger partial charge in [0.15, 0.2) is 6.10 Å². The van der Waals surface area contributed by atoms with Crippen molar-refractivity contribution in [1.29, 1.82) is 0 Å². The maximum atomic E-state index is 12.7.